The van der Waals surface area contributed by atoms with E-state index in [0.717, 1.165) is 0 Å². The van der Waals surface area contributed by atoms with Crippen LogP contribution < -0.4 is 10.2 Å². The molecule has 24 heavy (non-hydrogen) atoms. The first kappa shape index (κ1) is 20.0. The minimum absolute atomic E-state index is 0.0695. The summed E-state index contributed by atoms with van der Waals surface area (Å²) in [7, 11) is 0. The van der Waals surface area contributed by atoms with Crippen molar-refractivity contribution >= 4 is 30.2 Å². The summed E-state index contributed by atoms with van der Waals surface area (Å²) >= 11 is 4.30. The Bertz CT molecular complexity index is 594. The maximum Gasteiger partial charge on any atom is 0.303 e. The lowest BCUT2D eigenvalue weighted by Crippen LogP contribution is -2.26. The minimum atomic E-state index is -0.845. The quantitative estimate of drug-likeness (QED) is 0.274. The van der Waals surface area contributed by atoms with Crippen LogP contribution in [0.5, 0.6) is 5.75 Å². The number of nitrogens with one attached hydrogen (secondary N) is 1. The van der Waals surface area contributed by atoms with Gasteiger partial charge in [0, 0.05) is 17.6 Å². The fraction of sp³-hybridized carbons (Fsp3) is 0.500. The van der Waals surface area contributed by atoms with Crippen LogP contribution in [0.25, 0.3) is 0 Å². The average molecular weight is 353 g/mol. The van der Waals surface area contributed by atoms with E-state index in [1.807, 2.05) is 13.8 Å². The van der Waals surface area contributed by atoms with Gasteiger partial charge in [0.15, 0.2) is 0 Å². The number of carboxylic acids is 1. The van der Waals surface area contributed by atoms with Crippen LogP contribution in [-0.2, 0) is 9.59 Å². The predicted molar refractivity (Wildman–Crippen MR) is 94.6 cm³/mol. The van der Waals surface area contributed by atoms with Crippen molar-refractivity contribution in [1.82, 2.24) is 10.4 Å². The SMILES string of the molecule is C/C(=N/NC(=O)CC(C)(C)S)c1ccc(OCCCC(=O)O)cn1. The number of ether oxygens (including phenoxy) is 1. The molecule has 0 spiro atoms. The number of aromatic nitrogens is 1. The van der Waals surface area contributed by atoms with Gasteiger partial charge in [0.2, 0.25) is 5.91 Å². The Morgan fingerprint density at radius 3 is 2.67 bits per heavy atom. The highest BCUT2D eigenvalue weighted by Crippen LogP contribution is 2.16. The highest BCUT2D eigenvalue weighted by atomic mass is 32.1. The van der Waals surface area contributed by atoms with Crippen molar-refractivity contribution in [2.45, 2.75) is 44.8 Å². The van der Waals surface area contributed by atoms with Gasteiger partial charge < -0.3 is 9.84 Å². The van der Waals surface area contributed by atoms with Crippen LogP contribution in [0.4, 0.5) is 0 Å². The Morgan fingerprint density at radius 2 is 2.12 bits per heavy atom. The molecule has 132 valence electrons. The molecule has 0 fully saturated rings. The van der Waals surface area contributed by atoms with Gasteiger partial charge in [-0.2, -0.15) is 17.7 Å². The topological polar surface area (TPSA) is 101 Å². The third-order valence-electron chi connectivity index (χ3n) is 2.85. The number of nitrogens with zero attached hydrogens (tertiary/aromatic N) is 2. The van der Waals surface area contributed by atoms with Crippen LogP contribution in [-0.4, -0.2) is 39.0 Å². The molecule has 1 amide bonds. The Labute approximate surface area is 146 Å². The number of hydrazone groups is 1. The van der Waals surface area contributed by atoms with Crippen LogP contribution in [0, 0.1) is 0 Å². The zero-order valence-corrected chi connectivity index (χ0v) is 15.0. The molecule has 0 radical (unpaired) electrons. The minimum Gasteiger partial charge on any atom is -0.492 e. The fourth-order valence-electron chi connectivity index (χ4n) is 1.73. The van der Waals surface area contributed by atoms with E-state index < -0.39 is 10.7 Å². The van der Waals surface area contributed by atoms with E-state index in [0.29, 0.717) is 30.2 Å². The number of rotatable bonds is 9. The highest BCUT2D eigenvalue weighted by molar-refractivity contribution is 7.81. The molecule has 1 aromatic heterocycles. The second-order valence-corrected chi connectivity index (χ2v) is 7.16. The zero-order chi connectivity index (χ0) is 18.2. The zero-order valence-electron chi connectivity index (χ0n) is 14.1. The predicted octanol–water partition coefficient (Wildman–Crippen LogP) is 2.26. The summed E-state index contributed by atoms with van der Waals surface area (Å²) in [5.74, 6) is -0.507. The Morgan fingerprint density at radius 1 is 1.42 bits per heavy atom. The largest absolute Gasteiger partial charge is 0.492 e. The number of thiol groups is 1. The molecule has 0 aliphatic heterocycles. The number of pyridine rings is 1. The van der Waals surface area contributed by atoms with Gasteiger partial charge in [0.25, 0.3) is 0 Å². The van der Waals surface area contributed by atoms with E-state index in [1.54, 1.807) is 19.1 Å². The molecule has 0 atom stereocenters. The van der Waals surface area contributed by atoms with Crippen molar-refractivity contribution in [2.75, 3.05) is 6.61 Å². The Balaban J connectivity index is 2.50. The molecule has 0 aliphatic carbocycles. The molecule has 0 aliphatic rings. The number of amides is 1. The van der Waals surface area contributed by atoms with Gasteiger partial charge in [0.1, 0.15) is 5.75 Å². The monoisotopic (exact) mass is 353 g/mol. The summed E-state index contributed by atoms with van der Waals surface area (Å²) in [4.78, 5) is 26.3. The van der Waals surface area contributed by atoms with Gasteiger partial charge in [-0.15, -0.1) is 0 Å². The van der Waals surface area contributed by atoms with Crippen molar-refractivity contribution < 1.29 is 19.4 Å². The summed E-state index contributed by atoms with van der Waals surface area (Å²) in [5, 5.41) is 12.6. The summed E-state index contributed by atoms with van der Waals surface area (Å²) in [6, 6.07) is 3.45. The van der Waals surface area contributed by atoms with E-state index in [-0.39, 0.29) is 18.7 Å². The highest BCUT2D eigenvalue weighted by Gasteiger charge is 2.16. The van der Waals surface area contributed by atoms with Gasteiger partial charge in [-0.05, 0) is 25.5 Å². The molecular formula is C16H23N3O4S. The normalized spacial score (nSPS) is 11.9. The van der Waals surface area contributed by atoms with Gasteiger partial charge in [-0.3, -0.25) is 14.6 Å². The van der Waals surface area contributed by atoms with Gasteiger partial charge in [-0.1, -0.05) is 13.8 Å². The van der Waals surface area contributed by atoms with Crippen LogP contribution in [0.3, 0.4) is 0 Å². The van der Waals surface area contributed by atoms with Crippen molar-refractivity contribution in [3.05, 3.63) is 24.0 Å². The lowest BCUT2D eigenvalue weighted by atomic mass is 10.1. The van der Waals surface area contributed by atoms with Crippen LogP contribution in [0.15, 0.2) is 23.4 Å². The second-order valence-electron chi connectivity index (χ2n) is 5.95. The van der Waals surface area contributed by atoms with Gasteiger partial charge >= 0.3 is 5.97 Å². The molecule has 1 heterocycles. The van der Waals surface area contributed by atoms with E-state index >= 15 is 0 Å². The van der Waals surface area contributed by atoms with Crippen LogP contribution >= 0.6 is 12.6 Å². The molecule has 1 rings (SSSR count). The Kier molecular flexibility index (Phi) is 7.70. The first-order valence-corrected chi connectivity index (χ1v) is 7.98. The lowest BCUT2D eigenvalue weighted by molar-refractivity contribution is -0.137. The molecule has 7 nitrogen and oxygen atoms in total. The fourth-order valence-corrected chi connectivity index (χ4v) is 1.87. The maximum absolute atomic E-state index is 11.7. The van der Waals surface area contributed by atoms with Crippen molar-refractivity contribution in [2.24, 2.45) is 5.10 Å². The molecule has 1 aromatic rings. The summed E-state index contributed by atoms with van der Waals surface area (Å²) in [6.45, 7) is 5.75. The second kappa shape index (κ2) is 9.27. The number of aliphatic carboxylic acids is 1. The first-order chi connectivity index (χ1) is 11.2. The third kappa shape index (κ3) is 8.52. The summed E-state index contributed by atoms with van der Waals surface area (Å²) in [6.07, 6.45) is 2.29. The lowest BCUT2D eigenvalue weighted by Gasteiger charge is -2.15. The maximum atomic E-state index is 11.7. The number of carboxylic acid groups (broad SMARTS) is 1. The average Bonchev–Trinajstić information content (AvgIpc) is 2.48. The molecule has 0 saturated heterocycles. The molecule has 0 unspecified atom stereocenters. The van der Waals surface area contributed by atoms with E-state index in [1.165, 1.54) is 6.20 Å². The molecule has 8 heteroatoms. The van der Waals surface area contributed by atoms with Crippen LogP contribution in [0.2, 0.25) is 0 Å². The number of hydrogen-bond donors (Lipinski definition) is 3. The molecule has 0 bridgehead atoms. The third-order valence-corrected chi connectivity index (χ3v) is 3.01. The Hall–Kier alpha value is -2.09. The van der Waals surface area contributed by atoms with E-state index in [9.17, 15) is 9.59 Å². The first-order valence-electron chi connectivity index (χ1n) is 7.54. The van der Waals surface area contributed by atoms with Crippen LogP contribution in [0.1, 0.15) is 45.7 Å². The summed E-state index contributed by atoms with van der Waals surface area (Å²) < 4.78 is 5.00. The van der Waals surface area contributed by atoms with E-state index in [4.69, 9.17) is 9.84 Å². The molecule has 0 aromatic carbocycles. The number of hydrogen-bond acceptors (Lipinski definition) is 6. The van der Waals surface area contributed by atoms with Crippen molar-refractivity contribution in [1.29, 1.82) is 0 Å². The smallest absolute Gasteiger partial charge is 0.303 e. The van der Waals surface area contributed by atoms with E-state index in [2.05, 4.69) is 28.1 Å². The molecule has 0 saturated carbocycles. The van der Waals surface area contributed by atoms with Gasteiger partial charge in [-0.25, -0.2) is 5.43 Å². The van der Waals surface area contributed by atoms with Crippen molar-refractivity contribution in [3.8, 4) is 5.75 Å². The van der Waals surface area contributed by atoms with Gasteiger partial charge in [0.05, 0.1) is 24.2 Å². The molecule has 2 N–H and O–H groups in total. The summed E-state index contributed by atoms with van der Waals surface area (Å²) in [5.41, 5.74) is 3.65. The number of carbonyl (C=O) groups excluding carboxylic acids is 1. The van der Waals surface area contributed by atoms with Crippen molar-refractivity contribution in [3.63, 3.8) is 0 Å². The molecular weight excluding hydrogens is 330 g/mol. The standard InChI is InChI=1S/C16H23N3O4S/c1-11(18-19-14(20)9-16(2,3)24)13-7-6-12(10-17-13)23-8-4-5-15(21)22/h6-7,10,24H,4-5,8-9H2,1-3H3,(H,19,20)(H,21,22)/b18-11-. The number of carbonyl (C=O) groups is 2.